The molecule has 0 radical (unpaired) electrons. The number of hydrogen-bond acceptors (Lipinski definition) is 3. The van der Waals surface area contributed by atoms with E-state index >= 15 is 0 Å². The van der Waals surface area contributed by atoms with Gasteiger partial charge in [0.2, 0.25) is 0 Å². The topological polar surface area (TPSA) is 43.9 Å². The largest absolute Gasteiger partial charge is 0.300 e. The molecule has 2 fully saturated rings. The zero-order chi connectivity index (χ0) is 14.0. The number of rotatable bonds is 4. The molecule has 2 aliphatic rings. The van der Waals surface area contributed by atoms with Crippen LogP contribution in [0.15, 0.2) is 0 Å². The Labute approximate surface area is 117 Å². The van der Waals surface area contributed by atoms with Gasteiger partial charge in [-0.25, -0.2) is 0 Å². The van der Waals surface area contributed by atoms with E-state index in [4.69, 9.17) is 0 Å². The van der Waals surface area contributed by atoms with Gasteiger partial charge in [-0.1, -0.05) is 0 Å². The Morgan fingerprint density at radius 2 is 1.58 bits per heavy atom. The predicted molar refractivity (Wildman–Crippen MR) is 77.2 cm³/mol. The van der Waals surface area contributed by atoms with Gasteiger partial charge < -0.3 is 4.90 Å². The Kier molecular flexibility index (Phi) is 4.87. The van der Waals surface area contributed by atoms with Gasteiger partial charge in [0.25, 0.3) is 10.2 Å². The molecule has 0 aromatic rings. The van der Waals surface area contributed by atoms with Gasteiger partial charge >= 0.3 is 0 Å². The minimum atomic E-state index is -3.26. The average molecular weight is 289 g/mol. The summed E-state index contributed by atoms with van der Waals surface area (Å²) >= 11 is 0. The molecule has 0 N–H and O–H groups in total. The van der Waals surface area contributed by atoms with Gasteiger partial charge in [-0.05, 0) is 52.6 Å². The Hall–Kier alpha value is -0.170. The van der Waals surface area contributed by atoms with E-state index in [-0.39, 0.29) is 6.04 Å². The van der Waals surface area contributed by atoms with Crippen LogP contribution in [0.4, 0.5) is 0 Å². The van der Waals surface area contributed by atoms with Crippen molar-refractivity contribution in [2.45, 2.75) is 51.6 Å². The van der Waals surface area contributed by atoms with E-state index in [1.807, 2.05) is 13.8 Å². The molecule has 0 aromatic heterocycles. The highest BCUT2D eigenvalue weighted by Gasteiger charge is 2.34. The number of hydrogen-bond donors (Lipinski definition) is 0. The van der Waals surface area contributed by atoms with Crippen molar-refractivity contribution >= 4 is 10.2 Å². The summed E-state index contributed by atoms with van der Waals surface area (Å²) in [6.45, 7) is 7.55. The molecule has 112 valence electrons. The molecule has 0 aromatic carbocycles. The van der Waals surface area contributed by atoms with Crippen LogP contribution in [0.25, 0.3) is 0 Å². The summed E-state index contributed by atoms with van der Waals surface area (Å²) in [5.74, 6) is 0. The van der Waals surface area contributed by atoms with Crippen LogP contribution in [-0.2, 0) is 10.2 Å². The van der Waals surface area contributed by atoms with Crippen LogP contribution in [-0.4, -0.2) is 67.2 Å². The molecule has 2 rings (SSSR count). The first kappa shape index (κ1) is 15.2. The first-order valence-electron chi connectivity index (χ1n) is 7.40. The SMILES string of the molecule is CC(C)N(C)S(=O)(=O)N1CCC(N2CCCC2)CC1. The quantitative estimate of drug-likeness (QED) is 0.779. The summed E-state index contributed by atoms with van der Waals surface area (Å²) in [6, 6.07) is 0.611. The maximum atomic E-state index is 12.4. The van der Waals surface area contributed by atoms with Crippen LogP contribution in [0.2, 0.25) is 0 Å². The minimum absolute atomic E-state index is 0.0151. The first-order valence-corrected chi connectivity index (χ1v) is 8.80. The normalized spacial score (nSPS) is 24.7. The lowest BCUT2D eigenvalue weighted by Crippen LogP contribution is -2.50. The van der Waals surface area contributed by atoms with E-state index < -0.39 is 10.2 Å². The Bertz CT molecular complexity index is 383. The van der Waals surface area contributed by atoms with Gasteiger partial charge in [-0.3, -0.25) is 0 Å². The third-order valence-electron chi connectivity index (χ3n) is 4.50. The lowest BCUT2D eigenvalue weighted by molar-refractivity contribution is 0.163. The molecule has 6 heteroatoms. The molecule has 0 unspecified atom stereocenters. The summed E-state index contributed by atoms with van der Waals surface area (Å²) in [5, 5.41) is 0. The summed E-state index contributed by atoms with van der Waals surface area (Å²) in [4.78, 5) is 2.54. The van der Waals surface area contributed by atoms with E-state index in [2.05, 4.69) is 4.90 Å². The summed E-state index contributed by atoms with van der Waals surface area (Å²) in [6.07, 6.45) is 4.56. The standard InChI is InChI=1S/C13H27N3O2S/c1-12(2)14(3)19(17,18)16-10-6-13(7-11-16)15-8-4-5-9-15/h12-13H,4-11H2,1-3H3. The summed E-state index contributed by atoms with van der Waals surface area (Å²) in [5.41, 5.74) is 0. The van der Waals surface area contributed by atoms with E-state index in [0.29, 0.717) is 19.1 Å². The maximum absolute atomic E-state index is 12.4. The number of piperidine rings is 1. The maximum Gasteiger partial charge on any atom is 0.281 e. The summed E-state index contributed by atoms with van der Waals surface area (Å²) in [7, 11) is -1.59. The monoisotopic (exact) mass is 289 g/mol. The van der Waals surface area contributed by atoms with Crippen molar-refractivity contribution in [3.8, 4) is 0 Å². The molecule has 2 heterocycles. The molecule has 0 saturated carbocycles. The molecule has 2 saturated heterocycles. The van der Waals surface area contributed by atoms with Crippen LogP contribution < -0.4 is 0 Å². The highest BCUT2D eigenvalue weighted by atomic mass is 32.2. The van der Waals surface area contributed by atoms with Gasteiger partial charge in [0.1, 0.15) is 0 Å². The molecule has 0 atom stereocenters. The second-order valence-corrected chi connectivity index (χ2v) is 7.98. The molecule has 0 aliphatic carbocycles. The molecule has 2 aliphatic heterocycles. The van der Waals surface area contributed by atoms with E-state index in [9.17, 15) is 8.42 Å². The van der Waals surface area contributed by atoms with E-state index in [1.54, 1.807) is 11.4 Å². The zero-order valence-electron chi connectivity index (χ0n) is 12.4. The van der Waals surface area contributed by atoms with Crippen molar-refractivity contribution in [1.29, 1.82) is 0 Å². The van der Waals surface area contributed by atoms with Crippen LogP contribution >= 0.6 is 0 Å². The Morgan fingerprint density at radius 3 is 2.05 bits per heavy atom. The van der Waals surface area contributed by atoms with Crippen LogP contribution in [0, 0.1) is 0 Å². The number of likely N-dealkylation sites (tertiary alicyclic amines) is 1. The van der Waals surface area contributed by atoms with Crippen molar-refractivity contribution in [3.05, 3.63) is 0 Å². The Morgan fingerprint density at radius 1 is 1.05 bits per heavy atom. The van der Waals surface area contributed by atoms with Crippen molar-refractivity contribution in [3.63, 3.8) is 0 Å². The fraction of sp³-hybridized carbons (Fsp3) is 1.00. The van der Waals surface area contributed by atoms with Crippen molar-refractivity contribution in [2.24, 2.45) is 0 Å². The third kappa shape index (κ3) is 3.29. The molecular formula is C13H27N3O2S. The van der Waals surface area contributed by atoms with Gasteiger partial charge in [0, 0.05) is 32.2 Å². The highest BCUT2D eigenvalue weighted by molar-refractivity contribution is 7.86. The van der Waals surface area contributed by atoms with Gasteiger partial charge in [0.15, 0.2) is 0 Å². The second-order valence-electron chi connectivity index (χ2n) is 5.99. The van der Waals surface area contributed by atoms with Crippen molar-refractivity contribution in [1.82, 2.24) is 13.5 Å². The lowest BCUT2D eigenvalue weighted by atomic mass is 10.1. The third-order valence-corrected chi connectivity index (χ3v) is 6.67. The van der Waals surface area contributed by atoms with Crippen LogP contribution in [0.1, 0.15) is 39.5 Å². The fourth-order valence-corrected chi connectivity index (χ4v) is 4.56. The smallest absolute Gasteiger partial charge is 0.281 e. The molecule has 0 amide bonds. The summed E-state index contributed by atoms with van der Waals surface area (Å²) < 4.78 is 27.9. The zero-order valence-corrected chi connectivity index (χ0v) is 13.2. The van der Waals surface area contributed by atoms with Gasteiger partial charge in [-0.15, -0.1) is 0 Å². The van der Waals surface area contributed by atoms with Crippen molar-refractivity contribution in [2.75, 3.05) is 33.2 Å². The van der Waals surface area contributed by atoms with E-state index in [0.717, 1.165) is 12.8 Å². The highest BCUT2D eigenvalue weighted by Crippen LogP contribution is 2.23. The van der Waals surface area contributed by atoms with Crippen LogP contribution in [0.5, 0.6) is 0 Å². The molecular weight excluding hydrogens is 262 g/mol. The van der Waals surface area contributed by atoms with Gasteiger partial charge in [0.05, 0.1) is 0 Å². The second kappa shape index (κ2) is 6.08. The number of nitrogens with zero attached hydrogens (tertiary/aromatic N) is 3. The predicted octanol–water partition coefficient (Wildman–Crippen LogP) is 1.13. The molecule has 19 heavy (non-hydrogen) atoms. The molecule has 0 spiro atoms. The first-order chi connectivity index (χ1) is 8.93. The van der Waals surface area contributed by atoms with Gasteiger partial charge in [-0.2, -0.15) is 17.0 Å². The molecule has 0 bridgehead atoms. The Balaban J connectivity index is 1.92. The van der Waals surface area contributed by atoms with E-state index in [1.165, 1.54) is 30.2 Å². The van der Waals surface area contributed by atoms with Crippen molar-refractivity contribution < 1.29 is 8.42 Å². The fourth-order valence-electron chi connectivity index (χ4n) is 2.99. The molecule has 5 nitrogen and oxygen atoms in total. The lowest BCUT2D eigenvalue weighted by Gasteiger charge is -2.38. The average Bonchev–Trinajstić information content (AvgIpc) is 2.91. The minimum Gasteiger partial charge on any atom is -0.300 e. The van der Waals surface area contributed by atoms with Crippen LogP contribution in [0.3, 0.4) is 0 Å².